The SMILES string of the molecule is CC(=O)c1cc(CN2CCCC[C@H](N)C2)cs1. The van der Waals surface area contributed by atoms with Gasteiger partial charge in [0.2, 0.25) is 0 Å². The molecule has 1 atom stereocenters. The highest BCUT2D eigenvalue weighted by Gasteiger charge is 2.15. The van der Waals surface area contributed by atoms with Gasteiger partial charge in [-0.3, -0.25) is 9.69 Å². The van der Waals surface area contributed by atoms with Crippen molar-refractivity contribution in [2.45, 2.75) is 38.8 Å². The van der Waals surface area contributed by atoms with Crippen molar-refractivity contribution in [2.24, 2.45) is 5.73 Å². The van der Waals surface area contributed by atoms with Gasteiger partial charge in [-0.05, 0) is 43.3 Å². The van der Waals surface area contributed by atoms with Gasteiger partial charge < -0.3 is 5.73 Å². The summed E-state index contributed by atoms with van der Waals surface area (Å²) in [5, 5.41) is 2.09. The number of hydrogen-bond acceptors (Lipinski definition) is 4. The molecule has 94 valence electrons. The molecule has 1 aliphatic heterocycles. The maximum Gasteiger partial charge on any atom is 0.169 e. The molecule has 1 saturated heterocycles. The summed E-state index contributed by atoms with van der Waals surface area (Å²) in [6.45, 7) is 4.65. The van der Waals surface area contributed by atoms with Crippen molar-refractivity contribution < 1.29 is 4.79 Å². The minimum absolute atomic E-state index is 0.161. The third kappa shape index (κ3) is 3.63. The number of carbonyl (C=O) groups excluding carboxylic acids is 1. The Morgan fingerprint density at radius 1 is 1.59 bits per heavy atom. The van der Waals surface area contributed by atoms with E-state index in [9.17, 15) is 4.79 Å². The van der Waals surface area contributed by atoms with E-state index in [1.54, 1.807) is 18.3 Å². The summed E-state index contributed by atoms with van der Waals surface area (Å²) in [7, 11) is 0. The van der Waals surface area contributed by atoms with Crippen molar-refractivity contribution in [1.82, 2.24) is 4.90 Å². The van der Waals surface area contributed by atoms with Crippen LogP contribution in [-0.2, 0) is 6.54 Å². The van der Waals surface area contributed by atoms with Crippen molar-refractivity contribution >= 4 is 17.1 Å². The van der Waals surface area contributed by atoms with Gasteiger partial charge in [0.05, 0.1) is 4.88 Å². The lowest BCUT2D eigenvalue weighted by Crippen LogP contribution is -2.35. The van der Waals surface area contributed by atoms with E-state index in [1.807, 2.05) is 6.07 Å². The molecule has 0 saturated carbocycles. The third-order valence-corrected chi connectivity index (χ3v) is 4.28. The number of carbonyl (C=O) groups is 1. The first kappa shape index (κ1) is 12.7. The molecule has 3 nitrogen and oxygen atoms in total. The molecule has 0 bridgehead atoms. The van der Waals surface area contributed by atoms with Crippen molar-refractivity contribution in [3.63, 3.8) is 0 Å². The van der Waals surface area contributed by atoms with Gasteiger partial charge in [0.25, 0.3) is 0 Å². The molecule has 0 aromatic carbocycles. The number of rotatable bonds is 3. The van der Waals surface area contributed by atoms with E-state index in [4.69, 9.17) is 5.73 Å². The lowest BCUT2D eigenvalue weighted by Gasteiger charge is -2.21. The van der Waals surface area contributed by atoms with Gasteiger partial charge >= 0.3 is 0 Å². The van der Waals surface area contributed by atoms with Crippen LogP contribution in [-0.4, -0.2) is 29.8 Å². The van der Waals surface area contributed by atoms with Gasteiger partial charge in [0, 0.05) is 19.1 Å². The number of nitrogens with two attached hydrogens (primary N) is 1. The number of hydrogen-bond donors (Lipinski definition) is 1. The summed E-state index contributed by atoms with van der Waals surface area (Å²) < 4.78 is 0. The van der Waals surface area contributed by atoms with Crippen molar-refractivity contribution in [3.8, 4) is 0 Å². The van der Waals surface area contributed by atoms with Gasteiger partial charge in [-0.15, -0.1) is 11.3 Å². The predicted octanol–water partition coefficient (Wildman–Crippen LogP) is 2.26. The van der Waals surface area contributed by atoms with Crippen LogP contribution in [0.25, 0.3) is 0 Å². The van der Waals surface area contributed by atoms with Crippen LogP contribution in [0.2, 0.25) is 0 Å². The predicted molar refractivity (Wildman–Crippen MR) is 71.4 cm³/mol. The van der Waals surface area contributed by atoms with Crippen molar-refractivity contribution in [2.75, 3.05) is 13.1 Å². The lowest BCUT2D eigenvalue weighted by molar-refractivity contribution is 0.102. The molecule has 1 aromatic rings. The number of thiophene rings is 1. The number of Topliss-reactive ketones (excluding diaryl/α,β-unsaturated/α-hetero) is 1. The molecule has 2 rings (SSSR count). The monoisotopic (exact) mass is 252 g/mol. The standard InChI is InChI=1S/C13H20N2OS/c1-10(16)13-6-11(9-17-13)7-15-5-3-2-4-12(14)8-15/h6,9,12H,2-5,7-8,14H2,1H3/t12-/m0/s1. The molecule has 2 N–H and O–H groups in total. The Labute approximate surface area is 107 Å². The van der Waals surface area contributed by atoms with Crippen LogP contribution >= 0.6 is 11.3 Å². The average Bonchev–Trinajstić information content (AvgIpc) is 2.63. The molecule has 0 aliphatic carbocycles. The molecule has 0 radical (unpaired) electrons. The Morgan fingerprint density at radius 3 is 3.12 bits per heavy atom. The topological polar surface area (TPSA) is 46.3 Å². The first-order valence-electron chi connectivity index (χ1n) is 6.21. The minimum Gasteiger partial charge on any atom is -0.327 e. The molecular formula is C13H20N2OS. The second-order valence-electron chi connectivity index (χ2n) is 4.87. The molecule has 1 aliphatic rings. The summed E-state index contributed by atoms with van der Waals surface area (Å²) in [5.74, 6) is 0.161. The summed E-state index contributed by atoms with van der Waals surface area (Å²) in [6, 6.07) is 2.33. The Kier molecular flexibility index (Phi) is 4.31. The van der Waals surface area contributed by atoms with Crippen molar-refractivity contribution in [3.05, 3.63) is 21.9 Å². The Hall–Kier alpha value is -0.710. The van der Waals surface area contributed by atoms with Crippen LogP contribution in [0.1, 0.15) is 41.4 Å². The number of nitrogens with zero attached hydrogens (tertiary/aromatic N) is 1. The van der Waals surface area contributed by atoms with Gasteiger partial charge in [0.1, 0.15) is 0 Å². The normalized spacial score (nSPS) is 22.4. The Bertz CT molecular complexity index is 389. The zero-order valence-corrected chi connectivity index (χ0v) is 11.1. The minimum atomic E-state index is 0.161. The molecular weight excluding hydrogens is 232 g/mol. The highest BCUT2D eigenvalue weighted by Crippen LogP contribution is 2.18. The average molecular weight is 252 g/mol. The van der Waals surface area contributed by atoms with E-state index in [-0.39, 0.29) is 5.78 Å². The van der Waals surface area contributed by atoms with E-state index in [2.05, 4.69) is 10.3 Å². The molecule has 0 spiro atoms. The summed E-state index contributed by atoms with van der Waals surface area (Å²) >= 11 is 1.54. The van der Waals surface area contributed by atoms with Gasteiger partial charge in [-0.25, -0.2) is 0 Å². The first-order valence-corrected chi connectivity index (χ1v) is 7.09. The first-order chi connectivity index (χ1) is 8.15. The van der Waals surface area contributed by atoms with Crippen LogP contribution in [0.15, 0.2) is 11.4 Å². The molecule has 0 amide bonds. The largest absolute Gasteiger partial charge is 0.327 e. The zero-order chi connectivity index (χ0) is 12.3. The van der Waals surface area contributed by atoms with Crippen molar-refractivity contribution in [1.29, 1.82) is 0 Å². The van der Waals surface area contributed by atoms with Gasteiger partial charge in [-0.1, -0.05) is 6.42 Å². The van der Waals surface area contributed by atoms with Crippen LogP contribution in [0.4, 0.5) is 0 Å². The van der Waals surface area contributed by atoms with Crippen LogP contribution < -0.4 is 5.73 Å². The number of ketones is 1. The summed E-state index contributed by atoms with van der Waals surface area (Å²) in [4.78, 5) is 14.5. The highest BCUT2D eigenvalue weighted by molar-refractivity contribution is 7.12. The fraction of sp³-hybridized carbons (Fsp3) is 0.615. The smallest absolute Gasteiger partial charge is 0.169 e. The maximum absolute atomic E-state index is 11.2. The fourth-order valence-corrected chi connectivity index (χ4v) is 3.11. The van der Waals surface area contributed by atoms with Crippen LogP contribution in [0.3, 0.4) is 0 Å². The Morgan fingerprint density at radius 2 is 2.41 bits per heavy atom. The maximum atomic E-state index is 11.2. The van der Waals surface area contributed by atoms with E-state index in [0.29, 0.717) is 6.04 Å². The molecule has 0 unspecified atom stereocenters. The molecule has 2 heterocycles. The highest BCUT2D eigenvalue weighted by atomic mass is 32.1. The zero-order valence-electron chi connectivity index (χ0n) is 10.3. The quantitative estimate of drug-likeness (QED) is 0.839. The fourth-order valence-electron chi connectivity index (χ4n) is 2.30. The second kappa shape index (κ2) is 5.76. The molecule has 4 heteroatoms. The van der Waals surface area contributed by atoms with Crippen LogP contribution in [0.5, 0.6) is 0 Å². The van der Waals surface area contributed by atoms with E-state index in [0.717, 1.165) is 30.9 Å². The summed E-state index contributed by atoms with van der Waals surface area (Å²) in [5.41, 5.74) is 7.28. The molecule has 1 aromatic heterocycles. The van der Waals surface area contributed by atoms with E-state index < -0.39 is 0 Å². The van der Waals surface area contributed by atoms with Crippen LogP contribution in [0, 0.1) is 0 Å². The third-order valence-electron chi connectivity index (χ3n) is 3.20. The summed E-state index contributed by atoms with van der Waals surface area (Å²) in [6.07, 6.45) is 3.61. The lowest BCUT2D eigenvalue weighted by atomic mass is 10.1. The molecule has 17 heavy (non-hydrogen) atoms. The van der Waals surface area contributed by atoms with Gasteiger partial charge in [-0.2, -0.15) is 0 Å². The van der Waals surface area contributed by atoms with E-state index in [1.165, 1.54) is 18.4 Å². The van der Waals surface area contributed by atoms with Gasteiger partial charge in [0.15, 0.2) is 5.78 Å². The number of likely N-dealkylation sites (tertiary alicyclic amines) is 1. The second-order valence-corrected chi connectivity index (χ2v) is 5.78. The van der Waals surface area contributed by atoms with E-state index >= 15 is 0 Å². The Balaban J connectivity index is 1.96. The molecule has 1 fully saturated rings.